The number of nitrogens with zero attached hydrogens (tertiary/aromatic N) is 1. The van der Waals surface area contributed by atoms with Crippen molar-refractivity contribution in [3.8, 4) is 5.75 Å². The molecule has 37 heavy (non-hydrogen) atoms. The van der Waals surface area contributed by atoms with E-state index in [-0.39, 0.29) is 10.6 Å². The lowest BCUT2D eigenvalue weighted by Gasteiger charge is -2.13. The van der Waals surface area contributed by atoms with E-state index in [0.717, 1.165) is 28.7 Å². The van der Waals surface area contributed by atoms with Gasteiger partial charge in [-0.05, 0) is 59.3 Å². The number of halogens is 4. The minimum absolute atomic E-state index is 0.0749. The molecule has 3 amide bonds. The number of imide groups is 1. The first-order valence-corrected chi connectivity index (χ1v) is 12.0. The fourth-order valence-corrected chi connectivity index (χ4v) is 4.45. The number of thioether (sulfide) groups is 1. The summed E-state index contributed by atoms with van der Waals surface area (Å²) in [5, 5.41) is 1.91. The molecule has 1 N–H and O–H groups in total. The van der Waals surface area contributed by atoms with E-state index in [9.17, 15) is 27.6 Å². The summed E-state index contributed by atoms with van der Waals surface area (Å²) in [4.78, 5) is 38.2. The summed E-state index contributed by atoms with van der Waals surface area (Å²) in [6, 6.07) is 18.5. The van der Waals surface area contributed by atoms with E-state index in [1.54, 1.807) is 18.2 Å². The maximum atomic E-state index is 12.9. The average molecular weight is 547 g/mol. The van der Waals surface area contributed by atoms with Crippen LogP contribution in [0.2, 0.25) is 5.02 Å². The Kier molecular flexibility index (Phi) is 7.89. The summed E-state index contributed by atoms with van der Waals surface area (Å²) in [5.74, 6) is -1.07. The quantitative estimate of drug-likeness (QED) is 0.337. The summed E-state index contributed by atoms with van der Waals surface area (Å²) in [6.45, 7) is -0.327. The monoisotopic (exact) mass is 546 g/mol. The first-order chi connectivity index (χ1) is 17.6. The van der Waals surface area contributed by atoms with Gasteiger partial charge in [0.05, 0.1) is 15.5 Å². The second-order valence-corrected chi connectivity index (χ2v) is 9.26. The van der Waals surface area contributed by atoms with Gasteiger partial charge in [-0.25, -0.2) is 0 Å². The van der Waals surface area contributed by atoms with Crippen LogP contribution in [-0.2, 0) is 22.4 Å². The molecule has 1 aliphatic heterocycles. The molecule has 0 unspecified atom stereocenters. The molecule has 11 heteroatoms. The third-order valence-corrected chi connectivity index (χ3v) is 6.34. The molecule has 1 aliphatic rings. The predicted molar refractivity (Wildman–Crippen MR) is 135 cm³/mol. The van der Waals surface area contributed by atoms with Crippen molar-refractivity contribution in [3.63, 3.8) is 0 Å². The molecule has 0 spiro atoms. The molecule has 0 saturated carbocycles. The predicted octanol–water partition coefficient (Wildman–Crippen LogP) is 6.61. The lowest BCUT2D eigenvalue weighted by atomic mass is 10.2. The number of benzene rings is 3. The third-order valence-electron chi connectivity index (χ3n) is 5.14. The number of hydrogen-bond acceptors (Lipinski definition) is 5. The van der Waals surface area contributed by atoms with Crippen LogP contribution >= 0.6 is 23.4 Å². The molecular formula is C26H18ClF3N2O4S. The normalized spacial score (nSPS) is 14.8. The number of amides is 3. The van der Waals surface area contributed by atoms with Gasteiger partial charge in [-0.2, -0.15) is 13.2 Å². The van der Waals surface area contributed by atoms with Crippen molar-refractivity contribution in [2.24, 2.45) is 0 Å². The van der Waals surface area contributed by atoms with E-state index in [0.29, 0.717) is 34.7 Å². The summed E-state index contributed by atoms with van der Waals surface area (Å²) in [5.41, 5.74) is 0.463. The molecule has 1 saturated heterocycles. The topological polar surface area (TPSA) is 75.7 Å². The smallest absolute Gasteiger partial charge is 0.416 e. The van der Waals surface area contributed by atoms with Crippen LogP contribution in [0.1, 0.15) is 16.7 Å². The molecule has 190 valence electrons. The van der Waals surface area contributed by atoms with Gasteiger partial charge in [0.2, 0.25) is 5.91 Å². The molecule has 1 fully saturated rings. The van der Waals surface area contributed by atoms with Gasteiger partial charge in [-0.15, -0.1) is 0 Å². The van der Waals surface area contributed by atoms with E-state index in [1.165, 1.54) is 12.1 Å². The lowest BCUT2D eigenvalue weighted by molar-refractivity contribution is -0.137. The first kappa shape index (κ1) is 26.3. The van der Waals surface area contributed by atoms with Gasteiger partial charge in [0, 0.05) is 5.69 Å². The molecule has 0 aromatic heterocycles. The standard InChI is InChI=1S/C26H18ClF3N2O4S/c27-20-11-17(9-10-21(20)36-15-16-5-2-1-3-6-16)12-22-24(34)32(25(35)37-22)14-23(33)31-19-8-4-7-18(13-19)26(28,29)30/h1-13H,14-15H2,(H,31,33)/b22-12-. The summed E-state index contributed by atoms with van der Waals surface area (Å²) < 4.78 is 44.4. The Morgan fingerprint density at radius 1 is 1.03 bits per heavy atom. The number of nitrogens with one attached hydrogen (secondary N) is 1. The van der Waals surface area contributed by atoms with E-state index in [2.05, 4.69) is 5.32 Å². The van der Waals surface area contributed by atoms with Gasteiger partial charge in [0.1, 0.15) is 18.9 Å². The molecular weight excluding hydrogens is 529 g/mol. The largest absolute Gasteiger partial charge is 0.487 e. The number of alkyl halides is 3. The molecule has 0 atom stereocenters. The van der Waals surface area contributed by atoms with Crippen LogP contribution < -0.4 is 10.1 Å². The second-order valence-electron chi connectivity index (χ2n) is 7.86. The van der Waals surface area contributed by atoms with Crippen molar-refractivity contribution in [1.82, 2.24) is 4.90 Å². The van der Waals surface area contributed by atoms with Crippen molar-refractivity contribution in [1.29, 1.82) is 0 Å². The van der Waals surface area contributed by atoms with Gasteiger partial charge < -0.3 is 10.1 Å². The van der Waals surface area contributed by atoms with Crippen molar-refractivity contribution in [3.05, 3.63) is 99.4 Å². The summed E-state index contributed by atoms with van der Waals surface area (Å²) >= 11 is 6.96. The highest BCUT2D eigenvalue weighted by molar-refractivity contribution is 8.18. The molecule has 0 radical (unpaired) electrons. The van der Waals surface area contributed by atoms with E-state index in [1.807, 2.05) is 30.3 Å². The maximum Gasteiger partial charge on any atom is 0.416 e. The van der Waals surface area contributed by atoms with Crippen molar-refractivity contribution in [2.75, 3.05) is 11.9 Å². The van der Waals surface area contributed by atoms with Crippen LogP contribution in [0.3, 0.4) is 0 Å². The second kappa shape index (κ2) is 11.1. The van der Waals surface area contributed by atoms with Gasteiger partial charge in [-0.3, -0.25) is 19.3 Å². The molecule has 0 aliphatic carbocycles. The molecule has 1 heterocycles. The highest BCUT2D eigenvalue weighted by atomic mass is 35.5. The summed E-state index contributed by atoms with van der Waals surface area (Å²) in [6.07, 6.45) is -3.12. The Hall–Kier alpha value is -3.76. The Morgan fingerprint density at radius 2 is 1.78 bits per heavy atom. The lowest BCUT2D eigenvalue weighted by Crippen LogP contribution is -2.36. The molecule has 0 bridgehead atoms. The van der Waals surface area contributed by atoms with Crippen LogP contribution in [0, 0.1) is 0 Å². The SMILES string of the molecule is O=C(CN1C(=O)S/C(=C\c2ccc(OCc3ccccc3)c(Cl)c2)C1=O)Nc1cccc(C(F)(F)F)c1. The van der Waals surface area contributed by atoms with Gasteiger partial charge in [0.25, 0.3) is 11.1 Å². The highest BCUT2D eigenvalue weighted by Crippen LogP contribution is 2.34. The van der Waals surface area contributed by atoms with Crippen LogP contribution in [0.15, 0.2) is 77.7 Å². The van der Waals surface area contributed by atoms with Crippen LogP contribution in [0.4, 0.5) is 23.7 Å². The summed E-state index contributed by atoms with van der Waals surface area (Å²) in [7, 11) is 0. The zero-order valence-corrected chi connectivity index (χ0v) is 20.5. The molecule has 6 nitrogen and oxygen atoms in total. The number of ether oxygens (including phenoxy) is 1. The van der Waals surface area contributed by atoms with Crippen molar-refractivity contribution in [2.45, 2.75) is 12.8 Å². The molecule has 4 rings (SSSR count). The number of carbonyl (C=O) groups excluding carboxylic acids is 3. The number of hydrogen-bond donors (Lipinski definition) is 1. The number of carbonyl (C=O) groups is 3. The number of rotatable bonds is 7. The van der Waals surface area contributed by atoms with Gasteiger partial charge >= 0.3 is 6.18 Å². The van der Waals surface area contributed by atoms with E-state index < -0.39 is 35.3 Å². The Morgan fingerprint density at radius 3 is 2.49 bits per heavy atom. The van der Waals surface area contributed by atoms with E-state index in [4.69, 9.17) is 16.3 Å². The zero-order valence-electron chi connectivity index (χ0n) is 18.9. The zero-order chi connectivity index (χ0) is 26.6. The minimum Gasteiger partial charge on any atom is -0.487 e. The first-order valence-electron chi connectivity index (χ1n) is 10.8. The van der Waals surface area contributed by atoms with Crippen LogP contribution in [0.25, 0.3) is 6.08 Å². The maximum absolute atomic E-state index is 12.9. The fraction of sp³-hybridized carbons (Fsp3) is 0.115. The number of anilines is 1. The van der Waals surface area contributed by atoms with E-state index >= 15 is 0 Å². The third kappa shape index (κ3) is 6.72. The average Bonchev–Trinajstić information content (AvgIpc) is 3.11. The molecule has 3 aromatic rings. The van der Waals surface area contributed by atoms with Crippen molar-refractivity contribution >= 4 is 52.2 Å². The highest BCUT2D eigenvalue weighted by Gasteiger charge is 2.36. The minimum atomic E-state index is -4.58. The van der Waals surface area contributed by atoms with Crippen molar-refractivity contribution < 1.29 is 32.3 Å². The Bertz CT molecular complexity index is 1380. The Labute approximate surface area is 219 Å². The van der Waals surface area contributed by atoms with Gasteiger partial charge in [-0.1, -0.05) is 54.1 Å². The molecule has 3 aromatic carbocycles. The Balaban J connectivity index is 1.39. The van der Waals surface area contributed by atoms with Crippen LogP contribution in [-0.4, -0.2) is 28.5 Å². The fourth-order valence-electron chi connectivity index (χ4n) is 3.36. The van der Waals surface area contributed by atoms with Crippen LogP contribution in [0.5, 0.6) is 5.75 Å². The van der Waals surface area contributed by atoms with Gasteiger partial charge in [0.15, 0.2) is 0 Å².